The van der Waals surface area contributed by atoms with Gasteiger partial charge in [0, 0.05) is 18.9 Å². The molecule has 0 bridgehead atoms. The number of ether oxygens (including phenoxy) is 1. The lowest BCUT2D eigenvalue weighted by molar-refractivity contribution is -0.116. The molecule has 4 unspecified atom stereocenters. The van der Waals surface area contributed by atoms with E-state index < -0.39 is 0 Å². The molecule has 3 saturated carbocycles. The molecule has 4 nitrogen and oxygen atoms in total. The molecule has 3 fully saturated rings. The van der Waals surface area contributed by atoms with Gasteiger partial charge in [0.05, 0.1) is 0 Å². The van der Waals surface area contributed by atoms with E-state index in [0.717, 1.165) is 38.0 Å². The van der Waals surface area contributed by atoms with Gasteiger partial charge < -0.3 is 10.1 Å². The molecule has 4 rings (SSSR count). The number of carbonyl (C=O) groups excluding carboxylic acids is 2. The van der Waals surface area contributed by atoms with Gasteiger partial charge in [0.1, 0.15) is 6.10 Å². The third kappa shape index (κ3) is 2.63. The van der Waals surface area contributed by atoms with Crippen LogP contribution in [0.15, 0.2) is 11.6 Å². The topological polar surface area (TPSA) is 55.4 Å². The molecule has 0 radical (unpaired) electrons. The molecule has 0 spiro atoms. The number of hydrogen-bond donors (Lipinski definition) is 1. The number of fused-ring (bicyclic) bond motifs is 5. The maximum atomic E-state index is 11.9. The van der Waals surface area contributed by atoms with Crippen LogP contribution in [0.3, 0.4) is 0 Å². The molecule has 1 N–H and O–H groups in total. The normalized spacial score (nSPS) is 45.7. The number of nitrogens with one attached hydrogen (secondary N) is 1. The van der Waals surface area contributed by atoms with Crippen molar-refractivity contribution in [2.24, 2.45) is 35.0 Å². The molecule has 1 amide bonds. The quantitative estimate of drug-likeness (QED) is 0.778. The number of carbonyl (C=O) groups is 2. The summed E-state index contributed by atoms with van der Waals surface area (Å²) >= 11 is 0. The summed E-state index contributed by atoms with van der Waals surface area (Å²) in [5.41, 5.74) is 1.55. The van der Waals surface area contributed by atoms with Crippen LogP contribution in [0.4, 0.5) is 4.79 Å². The van der Waals surface area contributed by atoms with Crippen LogP contribution in [0, 0.1) is 35.0 Å². The Balaban J connectivity index is 1.59. The Labute approximate surface area is 150 Å². The summed E-state index contributed by atoms with van der Waals surface area (Å²) in [6.45, 7) is 4.74. The Bertz CT molecular complexity index is 612. The Morgan fingerprint density at radius 2 is 2.08 bits per heavy atom. The number of amides is 1. The molecule has 25 heavy (non-hydrogen) atoms. The van der Waals surface area contributed by atoms with Gasteiger partial charge in [-0.1, -0.05) is 19.4 Å². The van der Waals surface area contributed by atoms with E-state index in [-0.39, 0.29) is 17.6 Å². The second kappa shape index (κ2) is 6.14. The lowest BCUT2D eigenvalue weighted by Crippen LogP contribution is -2.51. The van der Waals surface area contributed by atoms with E-state index in [1.54, 1.807) is 7.05 Å². The molecule has 0 aromatic heterocycles. The van der Waals surface area contributed by atoms with Crippen molar-refractivity contribution in [1.29, 1.82) is 0 Å². The lowest BCUT2D eigenvalue weighted by atomic mass is 9.49. The fourth-order valence-electron chi connectivity index (χ4n) is 6.92. The highest BCUT2D eigenvalue weighted by atomic mass is 16.6. The minimum atomic E-state index is -0.290. The zero-order valence-corrected chi connectivity index (χ0v) is 15.7. The van der Waals surface area contributed by atoms with Gasteiger partial charge >= 0.3 is 6.09 Å². The van der Waals surface area contributed by atoms with Crippen LogP contribution in [0.5, 0.6) is 0 Å². The standard InChI is InChI=1S/C21H31NO3/c1-12-10-13-11-14(23)4-5-15(13)16-8-9-21(2)17(19(12)16)6-7-18(21)25-20(24)22-3/h11-12,15-19H,4-10H2,1-3H3,(H,22,24)/t12-,15?,16?,17?,18+,19?,21+/m1/s1. The van der Waals surface area contributed by atoms with E-state index in [0.29, 0.717) is 29.5 Å². The molecule has 7 atom stereocenters. The lowest BCUT2D eigenvalue weighted by Gasteiger charge is -2.55. The van der Waals surface area contributed by atoms with Gasteiger partial charge in [-0.25, -0.2) is 4.79 Å². The molecular formula is C21H31NO3. The van der Waals surface area contributed by atoms with Gasteiger partial charge in [-0.3, -0.25) is 4.79 Å². The molecule has 0 aromatic rings. The predicted molar refractivity (Wildman–Crippen MR) is 96.0 cm³/mol. The van der Waals surface area contributed by atoms with Crippen LogP contribution < -0.4 is 5.32 Å². The summed E-state index contributed by atoms with van der Waals surface area (Å²) in [6, 6.07) is 0. The third-order valence-corrected chi connectivity index (χ3v) is 8.01. The van der Waals surface area contributed by atoms with Gasteiger partial charge in [-0.15, -0.1) is 0 Å². The molecule has 4 aliphatic carbocycles. The first-order valence-corrected chi connectivity index (χ1v) is 10.1. The maximum absolute atomic E-state index is 11.9. The van der Waals surface area contributed by atoms with Crippen LogP contribution in [0.25, 0.3) is 0 Å². The van der Waals surface area contributed by atoms with E-state index in [4.69, 9.17) is 4.74 Å². The second-order valence-corrected chi connectivity index (χ2v) is 9.13. The molecule has 138 valence electrons. The van der Waals surface area contributed by atoms with Crippen molar-refractivity contribution in [3.05, 3.63) is 11.6 Å². The van der Waals surface area contributed by atoms with Gasteiger partial charge in [-0.05, 0) is 74.2 Å². The van der Waals surface area contributed by atoms with Crippen LogP contribution in [0.1, 0.15) is 58.8 Å². The molecule has 0 saturated heterocycles. The van der Waals surface area contributed by atoms with Gasteiger partial charge in [0.2, 0.25) is 0 Å². The third-order valence-electron chi connectivity index (χ3n) is 8.01. The van der Waals surface area contributed by atoms with Crippen molar-refractivity contribution >= 4 is 11.9 Å². The van der Waals surface area contributed by atoms with E-state index in [9.17, 15) is 9.59 Å². The highest BCUT2D eigenvalue weighted by Crippen LogP contribution is 2.63. The SMILES string of the molecule is CNC(=O)O[C@H]1CCC2C3C(CC[C@@]21C)C1CCC(=O)C=C1C[C@H]3C. The highest BCUT2D eigenvalue weighted by molar-refractivity contribution is 5.91. The summed E-state index contributed by atoms with van der Waals surface area (Å²) in [4.78, 5) is 23.6. The van der Waals surface area contributed by atoms with Crippen LogP contribution in [-0.2, 0) is 9.53 Å². The average Bonchev–Trinajstić information content (AvgIpc) is 2.90. The Morgan fingerprint density at radius 3 is 2.84 bits per heavy atom. The van der Waals surface area contributed by atoms with Crippen molar-refractivity contribution in [1.82, 2.24) is 5.32 Å². The van der Waals surface area contributed by atoms with Crippen LogP contribution in [0.2, 0.25) is 0 Å². The van der Waals surface area contributed by atoms with Gasteiger partial charge in [0.15, 0.2) is 5.78 Å². The smallest absolute Gasteiger partial charge is 0.407 e. The van der Waals surface area contributed by atoms with E-state index >= 15 is 0 Å². The highest BCUT2D eigenvalue weighted by Gasteiger charge is 2.59. The molecule has 0 aliphatic heterocycles. The first-order chi connectivity index (χ1) is 11.9. The van der Waals surface area contributed by atoms with Crippen molar-refractivity contribution in [3.8, 4) is 0 Å². The monoisotopic (exact) mass is 345 g/mol. The average molecular weight is 345 g/mol. The largest absolute Gasteiger partial charge is 0.446 e. The minimum Gasteiger partial charge on any atom is -0.446 e. The van der Waals surface area contributed by atoms with E-state index in [1.807, 2.05) is 6.08 Å². The van der Waals surface area contributed by atoms with E-state index in [1.165, 1.54) is 18.4 Å². The first-order valence-electron chi connectivity index (χ1n) is 10.1. The molecule has 4 heteroatoms. The van der Waals surface area contributed by atoms with Crippen molar-refractivity contribution < 1.29 is 14.3 Å². The molecule has 0 heterocycles. The summed E-state index contributed by atoms with van der Waals surface area (Å²) in [6.07, 6.45) is 9.14. The van der Waals surface area contributed by atoms with Crippen molar-refractivity contribution in [3.63, 3.8) is 0 Å². The summed E-state index contributed by atoms with van der Waals surface area (Å²) in [7, 11) is 1.63. The number of ketones is 1. The van der Waals surface area contributed by atoms with Crippen molar-refractivity contribution in [2.45, 2.75) is 64.9 Å². The molecule has 0 aromatic carbocycles. The van der Waals surface area contributed by atoms with Crippen LogP contribution >= 0.6 is 0 Å². The van der Waals surface area contributed by atoms with Crippen LogP contribution in [-0.4, -0.2) is 25.0 Å². The zero-order chi connectivity index (χ0) is 17.8. The Morgan fingerprint density at radius 1 is 1.28 bits per heavy atom. The number of alkyl carbamates (subject to hydrolysis) is 1. The molecule has 4 aliphatic rings. The summed E-state index contributed by atoms with van der Waals surface area (Å²) < 4.78 is 5.76. The second-order valence-electron chi connectivity index (χ2n) is 9.13. The van der Waals surface area contributed by atoms with Crippen molar-refractivity contribution in [2.75, 3.05) is 7.05 Å². The summed E-state index contributed by atoms with van der Waals surface area (Å²) in [5.74, 6) is 3.67. The van der Waals surface area contributed by atoms with Gasteiger partial charge in [-0.2, -0.15) is 0 Å². The van der Waals surface area contributed by atoms with Gasteiger partial charge in [0.25, 0.3) is 0 Å². The number of hydrogen-bond acceptors (Lipinski definition) is 3. The zero-order valence-electron chi connectivity index (χ0n) is 15.7. The maximum Gasteiger partial charge on any atom is 0.407 e. The summed E-state index contributed by atoms with van der Waals surface area (Å²) in [5, 5.41) is 2.61. The predicted octanol–water partition coefficient (Wildman–Crippen LogP) is 4.10. The fraction of sp³-hybridized carbons (Fsp3) is 0.810. The fourth-order valence-corrected chi connectivity index (χ4v) is 6.92. The first kappa shape index (κ1) is 17.1. The Kier molecular flexibility index (Phi) is 4.20. The number of allylic oxidation sites excluding steroid dienone is 1. The van der Waals surface area contributed by atoms with E-state index in [2.05, 4.69) is 19.2 Å². The number of rotatable bonds is 1. The molecular weight excluding hydrogens is 314 g/mol. The Hall–Kier alpha value is -1.32. The minimum absolute atomic E-state index is 0.0514.